The molecule has 168 valence electrons. The van der Waals surface area contributed by atoms with Gasteiger partial charge in [-0.15, -0.1) is 0 Å². The molecule has 1 saturated carbocycles. The topological polar surface area (TPSA) is 119 Å². The van der Waals surface area contributed by atoms with Crippen molar-refractivity contribution >= 4 is 43.4 Å². The van der Waals surface area contributed by atoms with Crippen molar-refractivity contribution in [2.45, 2.75) is 42.9 Å². The molecular formula is C22H24BrN5O3S. The summed E-state index contributed by atoms with van der Waals surface area (Å²) >= 11 is 3.51. The summed E-state index contributed by atoms with van der Waals surface area (Å²) < 4.78 is 29.8. The molecule has 0 radical (unpaired) electrons. The van der Waals surface area contributed by atoms with Crippen LogP contribution in [0.25, 0.3) is 0 Å². The molecule has 3 aromatic rings. The van der Waals surface area contributed by atoms with Crippen molar-refractivity contribution in [3.63, 3.8) is 0 Å². The molecule has 0 aliphatic heterocycles. The molecule has 0 bridgehead atoms. The molecule has 0 saturated heterocycles. The van der Waals surface area contributed by atoms with E-state index in [9.17, 15) is 8.42 Å². The maximum absolute atomic E-state index is 11.4. The molecule has 2 aromatic carbocycles. The highest BCUT2D eigenvalue weighted by atomic mass is 79.9. The van der Waals surface area contributed by atoms with Gasteiger partial charge < -0.3 is 15.4 Å². The molecule has 10 heteroatoms. The first-order valence-electron chi connectivity index (χ1n) is 10.2. The molecule has 4 rings (SSSR count). The summed E-state index contributed by atoms with van der Waals surface area (Å²) in [6.45, 7) is 0.579. The zero-order valence-corrected chi connectivity index (χ0v) is 19.6. The van der Waals surface area contributed by atoms with E-state index in [1.807, 2.05) is 18.2 Å². The fraction of sp³-hybridized carbons (Fsp3) is 0.273. The predicted octanol–water partition coefficient (Wildman–Crippen LogP) is 4.18. The average molecular weight is 518 g/mol. The Morgan fingerprint density at radius 2 is 1.84 bits per heavy atom. The minimum Gasteiger partial charge on any atom is -0.371 e. The molecule has 32 heavy (non-hydrogen) atoms. The normalized spacial score (nSPS) is 18.4. The van der Waals surface area contributed by atoms with E-state index in [1.54, 1.807) is 18.3 Å². The third-order valence-corrected chi connectivity index (χ3v) is 6.77. The molecule has 1 heterocycles. The molecule has 0 unspecified atom stereocenters. The summed E-state index contributed by atoms with van der Waals surface area (Å²) in [5.74, 6) is 1.06. The minimum atomic E-state index is -3.73. The van der Waals surface area contributed by atoms with Gasteiger partial charge in [-0.3, -0.25) is 0 Å². The standard InChI is InChI=1S/C22H24BrN5O3S/c23-18-13-25-22(26-16-9-11-17(12-10-16)32(24,29)30)28-21(18)27-19-7-4-8-20(19)31-14-15-5-2-1-3-6-15/h1-3,5-6,9-13,19-20H,4,7-8,14H2,(H2,24,29,30)(H2,25,26,27,28)/t19-,20-/m1/s1. The van der Waals surface area contributed by atoms with Gasteiger partial charge in [0.2, 0.25) is 16.0 Å². The van der Waals surface area contributed by atoms with E-state index in [0.717, 1.165) is 29.3 Å². The van der Waals surface area contributed by atoms with Crippen molar-refractivity contribution < 1.29 is 13.2 Å². The summed E-state index contributed by atoms with van der Waals surface area (Å²) in [6, 6.07) is 16.4. The van der Waals surface area contributed by atoms with Crippen LogP contribution in [-0.2, 0) is 21.4 Å². The third-order valence-electron chi connectivity index (χ3n) is 5.26. The van der Waals surface area contributed by atoms with Crippen molar-refractivity contribution in [3.05, 3.63) is 70.8 Å². The molecule has 1 fully saturated rings. The Kier molecular flexibility index (Phi) is 7.04. The van der Waals surface area contributed by atoms with Crippen LogP contribution in [0, 0.1) is 0 Å². The fourth-order valence-corrected chi connectivity index (χ4v) is 4.45. The van der Waals surface area contributed by atoms with Gasteiger partial charge in [-0.25, -0.2) is 18.5 Å². The number of nitrogens with one attached hydrogen (secondary N) is 2. The number of sulfonamides is 1. The van der Waals surface area contributed by atoms with Gasteiger partial charge in [0.1, 0.15) is 5.82 Å². The number of rotatable bonds is 8. The smallest absolute Gasteiger partial charge is 0.238 e. The summed E-state index contributed by atoms with van der Waals surface area (Å²) in [5, 5.41) is 11.7. The number of nitrogens with two attached hydrogens (primary N) is 1. The highest BCUT2D eigenvalue weighted by Crippen LogP contribution is 2.29. The number of anilines is 3. The predicted molar refractivity (Wildman–Crippen MR) is 127 cm³/mol. The van der Waals surface area contributed by atoms with E-state index in [4.69, 9.17) is 9.88 Å². The van der Waals surface area contributed by atoms with Gasteiger partial charge in [0.05, 0.1) is 28.1 Å². The van der Waals surface area contributed by atoms with Gasteiger partial charge in [-0.05, 0) is 65.0 Å². The maximum Gasteiger partial charge on any atom is 0.238 e. The largest absolute Gasteiger partial charge is 0.371 e. The van der Waals surface area contributed by atoms with Crippen LogP contribution in [0.3, 0.4) is 0 Å². The van der Waals surface area contributed by atoms with Crippen molar-refractivity contribution in [1.29, 1.82) is 0 Å². The lowest BCUT2D eigenvalue weighted by atomic mass is 10.2. The first-order chi connectivity index (χ1) is 15.4. The lowest BCUT2D eigenvalue weighted by Crippen LogP contribution is -2.31. The van der Waals surface area contributed by atoms with Gasteiger partial charge in [0, 0.05) is 11.9 Å². The summed E-state index contributed by atoms with van der Waals surface area (Å²) in [6.07, 6.45) is 4.84. The lowest BCUT2D eigenvalue weighted by Gasteiger charge is -2.23. The summed E-state index contributed by atoms with van der Waals surface area (Å²) in [7, 11) is -3.73. The third kappa shape index (κ3) is 5.83. The van der Waals surface area contributed by atoms with E-state index in [0.29, 0.717) is 24.1 Å². The first-order valence-corrected chi connectivity index (χ1v) is 12.6. The average Bonchev–Trinajstić information content (AvgIpc) is 3.22. The van der Waals surface area contributed by atoms with Crippen LogP contribution >= 0.6 is 15.9 Å². The number of halogens is 1. The molecule has 8 nitrogen and oxygen atoms in total. The van der Waals surface area contributed by atoms with Gasteiger partial charge in [0.25, 0.3) is 0 Å². The van der Waals surface area contributed by atoms with E-state index < -0.39 is 10.0 Å². The number of benzene rings is 2. The number of hydrogen-bond donors (Lipinski definition) is 3. The van der Waals surface area contributed by atoms with Crippen molar-refractivity contribution in [3.8, 4) is 0 Å². The summed E-state index contributed by atoms with van der Waals surface area (Å²) in [4.78, 5) is 8.91. The van der Waals surface area contributed by atoms with E-state index in [2.05, 4.69) is 48.7 Å². The number of aromatic nitrogens is 2. The van der Waals surface area contributed by atoms with Crippen LogP contribution < -0.4 is 15.8 Å². The minimum absolute atomic E-state index is 0.0462. The van der Waals surface area contributed by atoms with Gasteiger partial charge >= 0.3 is 0 Å². The van der Waals surface area contributed by atoms with Gasteiger partial charge in [0.15, 0.2) is 0 Å². The number of hydrogen-bond acceptors (Lipinski definition) is 7. The van der Waals surface area contributed by atoms with Crippen LogP contribution in [0.2, 0.25) is 0 Å². The highest BCUT2D eigenvalue weighted by Gasteiger charge is 2.29. The van der Waals surface area contributed by atoms with E-state index >= 15 is 0 Å². The van der Waals surface area contributed by atoms with Gasteiger partial charge in [-0.1, -0.05) is 30.3 Å². The van der Waals surface area contributed by atoms with Crippen molar-refractivity contribution in [2.24, 2.45) is 5.14 Å². The Labute approximate surface area is 195 Å². The zero-order chi connectivity index (χ0) is 22.6. The number of nitrogens with zero attached hydrogens (tertiary/aromatic N) is 2. The number of ether oxygens (including phenoxy) is 1. The van der Waals surface area contributed by atoms with Crippen LogP contribution in [0.15, 0.2) is 70.2 Å². The Morgan fingerprint density at radius 3 is 2.56 bits per heavy atom. The van der Waals surface area contributed by atoms with E-state index in [-0.39, 0.29) is 17.0 Å². The lowest BCUT2D eigenvalue weighted by molar-refractivity contribution is 0.0394. The highest BCUT2D eigenvalue weighted by molar-refractivity contribution is 9.10. The Hall–Kier alpha value is -2.53. The molecule has 4 N–H and O–H groups in total. The van der Waals surface area contributed by atoms with Crippen LogP contribution in [-0.4, -0.2) is 30.5 Å². The number of primary sulfonamides is 1. The van der Waals surface area contributed by atoms with E-state index in [1.165, 1.54) is 12.1 Å². The molecule has 0 amide bonds. The second-order valence-electron chi connectivity index (χ2n) is 7.60. The quantitative estimate of drug-likeness (QED) is 0.409. The second kappa shape index (κ2) is 9.95. The van der Waals surface area contributed by atoms with Crippen LogP contribution in [0.4, 0.5) is 17.5 Å². The Bertz CT molecular complexity index is 1160. The monoisotopic (exact) mass is 517 g/mol. The molecule has 0 spiro atoms. The Balaban J connectivity index is 1.42. The SMILES string of the molecule is NS(=O)(=O)c1ccc(Nc2ncc(Br)c(N[C@@H]3CCC[C@H]3OCc3ccccc3)n2)cc1. The molecule has 2 atom stereocenters. The second-order valence-corrected chi connectivity index (χ2v) is 10.0. The molecule has 1 aliphatic rings. The molecule has 1 aromatic heterocycles. The van der Waals surface area contributed by atoms with Crippen molar-refractivity contribution in [1.82, 2.24) is 9.97 Å². The fourth-order valence-electron chi connectivity index (χ4n) is 3.63. The zero-order valence-electron chi connectivity index (χ0n) is 17.2. The molecule has 1 aliphatic carbocycles. The Morgan fingerprint density at radius 1 is 1.09 bits per heavy atom. The van der Waals surface area contributed by atoms with Gasteiger partial charge in [-0.2, -0.15) is 4.98 Å². The molecular weight excluding hydrogens is 494 g/mol. The van der Waals surface area contributed by atoms with Crippen LogP contribution in [0.5, 0.6) is 0 Å². The maximum atomic E-state index is 11.4. The van der Waals surface area contributed by atoms with Crippen molar-refractivity contribution in [2.75, 3.05) is 10.6 Å². The van der Waals surface area contributed by atoms with Crippen LogP contribution in [0.1, 0.15) is 24.8 Å². The first kappa shape index (κ1) is 22.7. The summed E-state index contributed by atoms with van der Waals surface area (Å²) in [5.41, 5.74) is 1.80.